The van der Waals surface area contributed by atoms with Crippen LogP contribution in [0.4, 0.5) is 10.2 Å². The number of pyridine rings is 1. The molecule has 98 valence electrons. The van der Waals surface area contributed by atoms with E-state index in [0.717, 1.165) is 11.1 Å². The monoisotopic (exact) mass is 322 g/mol. The number of rotatable bonds is 2. The lowest BCUT2D eigenvalue weighted by atomic mass is 10.1. The number of hydrogen-bond donors (Lipinski definition) is 1. The molecule has 0 saturated carbocycles. The van der Waals surface area contributed by atoms with Gasteiger partial charge >= 0.3 is 0 Å². The summed E-state index contributed by atoms with van der Waals surface area (Å²) in [5.41, 5.74) is 1.73. The summed E-state index contributed by atoms with van der Waals surface area (Å²) >= 11 is 3.31. The Morgan fingerprint density at radius 3 is 2.63 bits per heavy atom. The van der Waals surface area contributed by atoms with E-state index in [1.165, 1.54) is 12.1 Å². The van der Waals surface area contributed by atoms with E-state index in [2.05, 4.69) is 26.2 Å². The third-order valence-electron chi connectivity index (χ3n) is 2.58. The smallest absolute Gasteiger partial charge is 0.259 e. The second-order valence-corrected chi connectivity index (χ2v) is 5.13. The molecule has 2 rings (SSSR count). The summed E-state index contributed by atoms with van der Waals surface area (Å²) in [4.78, 5) is 16.1. The van der Waals surface area contributed by atoms with Crippen LogP contribution in [0.5, 0.6) is 0 Å². The van der Waals surface area contributed by atoms with Gasteiger partial charge in [0, 0.05) is 6.20 Å². The molecule has 2 aromatic rings. The number of anilines is 1. The number of hydrogen-bond acceptors (Lipinski definition) is 2. The summed E-state index contributed by atoms with van der Waals surface area (Å²) < 4.78 is 14.3. The van der Waals surface area contributed by atoms with Crippen LogP contribution in [-0.2, 0) is 0 Å². The number of nitrogens with one attached hydrogen (secondary N) is 1. The largest absolute Gasteiger partial charge is 0.306 e. The number of aromatic nitrogens is 1. The Morgan fingerprint density at radius 2 is 2.00 bits per heavy atom. The van der Waals surface area contributed by atoms with Crippen LogP contribution in [0.1, 0.15) is 21.5 Å². The van der Waals surface area contributed by atoms with Gasteiger partial charge in [0.1, 0.15) is 11.6 Å². The van der Waals surface area contributed by atoms with Gasteiger partial charge in [0.05, 0.1) is 10.0 Å². The van der Waals surface area contributed by atoms with Gasteiger partial charge in [-0.15, -0.1) is 0 Å². The van der Waals surface area contributed by atoms with Gasteiger partial charge in [-0.05, 0) is 59.1 Å². The number of nitrogens with zero attached hydrogens (tertiary/aromatic N) is 1. The van der Waals surface area contributed by atoms with Crippen LogP contribution < -0.4 is 5.32 Å². The Labute approximate surface area is 119 Å². The van der Waals surface area contributed by atoms with Crippen LogP contribution in [-0.4, -0.2) is 10.9 Å². The Kier molecular flexibility index (Phi) is 3.95. The highest BCUT2D eigenvalue weighted by atomic mass is 79.9. The summed E-state index contributed by atoms with van der Waals surface area (Å²) in [7, 11) is 0. The molecule has 5 heteroatoms. The molecule has 3 nitrogen and oxygen atoms in total. The van der Waals surface area contributed by atoms with Gasteiger partial charge in [0.25, 0.3) is 5.91 Å². The van der Waals surface area contributed by atoms with Crippen molar-refractivity contribution >= 4 is 27.7 Å². The van der Waals surface area contributed by atoms with E-state index in [1.54, 1.807) is 19.2 Å². The molecule has 0 spiro atoms. The second-order valence-electron chi connectivity index (χ2n) is 4.28. The van der Waals surface area contributed by atoms with Gasteiger partial charge in [0.15, 0.2) is 0 Å². The van der Waals surface area contributed by atoms with Crippen molar-refractivity contribution in [3.8, 4) is 0 Å². The predicted octanol–water partition coefficient (Wildman–Crippen LogP) is 3.85. The van der Waals surface area contributed by atoms with Crippen molar-refractivity contribution in [1.82, 2.24) is 4.98 Å². The quantitative estimate of drug-likeness (QED) is 0.912. The predicted molar refractivity (Wildman–Crippen MR) is 75.8 cm³/mol. The molecular formula is C14H12BrFN2O. The first-order valence-electron chi connectivity index (χ1n) is 5.67. The zero-order valence-corrected chi connectivity index (χ0v) is 12.1. The standard InChI is InChI=1S/C14H12BrFN2O/c1-8-3-4-10(12(16)6-8)14(19)18-13-11(15)5-9(2)7-17-13/h3-7H,1-2H3,(H,17,18,19). The molecule has 0 unspecified atom stereocenters. The Bertz CT molecular complexity index is 643. The first-order chi connectivity index (χ1) is 8.97. The Hall–Kier alpha value is -1.75. The molecule has 0 atom stereocenters. The minimum absolute atomic E-state index is 0.000116. The number of carbonyl (C=O) groups is 1. The summed E-state index contributed by atoms with van der Waals surface area (Å²) in [6, 6.07) is 6.30. The van der Waals surface area contributed by atoms with Gasteiger partial charge in [-0.2, -0.15) is 0 Å². The van der Waals surface area contributed by atoms with Gasteiger partial charge in [-0.25, -0.2) is 9.37 Å². The topological polar surface area (TPSA) is 42.0 Å². The molecular weight excluding hydrogens is 311 g/mol. The molecule has 0 aliphatic carbocycles. The van der Waals surface area contributed by atoms with Crippen molar-refractivity contribution < 1.29 is 9.18 Å². The van der Waals surface area contributed by atoms with E-state index in [1.807, 2.05) is 13.0 Å². The summed E-state index contributed by atoms with van der Waals surface area (Å²) in [6.45, 7) is 3.66. The first-order valence-corrected chi connectivity index (χ1v) is 6.46. The van der Waals surface area contributed by atoms with Crippen molar-refractivity contribution in [1.29, 1.82) is 0 Å². The fourth-order valence-corrected chi connectivity index (χ4v) is 2.17. The van der Waals surface area contributed by atoms with Crippen LogP contribution in [0.25, 0.3) is 0 Å². The number of benzene rings is 1. The molecule has 1 amide bonds. The van der Waals surface area contributed by atoms with Gasteiger partial charge in [-0.1, -0.05) is 6.07 Å². The van der Waals surface area contributed by atoms with Gasteiger partial charge in [0.2, 0.25) is 0 Å². The molecule has 0 aliphatic rings. The van der Waals surface area contributed by atoms with E-state index in [9.17, 15) is 9.18 Å². The number of amides is 1. The lowest BCUT2D eigenvalue weighted by Crippen LogP contribution is -2.15. The van der Waals surface area contributed by atoms with Crippen LogP contribution in [0, 0.1) is 19.7 Å². The van der Waals surface area contributed by atoms with E-state index in [0.29, 0.717) is 10.3 Å². The minimum atomic E-state index is -0.541. The van der Waals surface area contributed by atoms with Crippen molar-refractivity contribution in [2.75, 3.05) is 5.32 Å². The maximum absolute atomic E-state index is 13.7. The number of carbonyl (C=O) groups excluding carboxylic acids is 1. The molecule has 0 saturated heterocycles. The van der Waals surface area contributed by atoms with Crippen LogP contribution >= 0.6 is 15.9 Å². The molecule has 0 radical (unpaired) electrons. The van der Waals surface area contributed by atoms with E-state index >= 15 is 0 Å². The lowest BCUT2D eigenvalue weighted by Gasteiger charge is -2.08. The van der Waals surface area contributed by atoms with Gasteiger partial charge < -0.3 is 5.32 Å². The third-order valence-corrected chi connectivity index (χ3v) is 3.18. The van der Waals surface area contributed by atoms with E-state index < -0.39 is 11.7 Å². The first kappa shape index (κ1) is 13.7. The average molecular weight is 323 g/mol. The highest BCUT2D eigenvalue weighted by molar-refractivity contribution is 9.10. The molecule has 1 heterocycles. The van der Waals surface area contributed by atoms with E-state index in [-0.39, 0.29) is 5.56 Å². The summed E-state index contributed by atoms with van der Waals surface area (Å²) in [5, 5.41) is 2.58. The van der Waals surface area contributed by atoms with Crippen molar-refractivity contribution in [2.24, 2.45) is 0 Å². The SMILES string of the molecule is Cc1ccc(C(=O)Nc2ncc(C)cc2Br)c(F)c1. The zero-order chi connectivity index (χ0) is 14.0. The highest BCUT2D eigenvalue weighted by Gasteiger charge is 2.13. The number of aryl methyl sites for hydroxylation is 2. The minimum Gasteiger partial charge on any atom is -0.306 e. The molecule has 1 aromatic carbocycles. The summed E-state index contributed by atoms with van der Waals surface area (Å²) in [6.07, 6.45) is 1.63. The van der Waals surface area contributed by atoms with Crippen LogP contribution in [0.15, 0.2) is 34.9 Å². The van der Waals surface area contributed by atoms with Crippen LogP contribution in [0.2, 0.25) is 0 Å². The Balaban J connectivity index is 2.25. The molecule has 0 aliphatic heterocycles. The molecule has 1 aromatic heterocycles. The number of halogens is 2. The fraction of sp³-hybridized carbons (Fsp3) is 0.143. The van der Waals surface area contributed by atoms with Crippen molar-refractivity contribution in [3.63, 3.8) is 0 Å². The highest BCUT2D eigenvalue weighted by Crippen LogP contribution is 2.21. The van der Waals surface area contributed by atoms with E-state index in [4.69, 9.17) is 0 Å². The third kappa shape index (κ3) is 3.17. The molecule has 0 bridgehead atoms. The Morgan fingerprint density at radius 1 is 1.26 bits per heavy atom. The average Bonchev–Trinajstić information content (AvgIpc) is 2.32. The fourth-order valence-electron chi connectivity index (χ4n) is 1.60. The maximum atomic E-state index is 13.7. The zero-order valence-electron chi connectivity index (χ0n) is 10.5. The van der Waals surface area contributed by atoms with Crippen LogP contribution in [0.3, 0.4) is 0 Å². The maximum Gasteiger partial charge on any atom is 0.259 e. The van der Waals surface area contributed by atoms with Crippen molar-refractivity contribution in [2.45, 2.75) is 13.8 Å². The molecule has 0 fully saturated rings. The molecule has 19 heavy (non-hydrogen) atoms. The normalized spacial score (nSPS) is 10.3. The van der Waals surface area contributed by atoms with Gasteiger partial charge in [-0.3, -0.25) is 4.79 Å². The van der Waals surface area contributed by atoms with Crippen molar-refractivity contribution in [3.05, 3.63) is 57.4 Å². The lowest BCUT2D eigenvalue weighted by molar-refractivity contribution is 0.102. The second kappa shape index (κ2) is 5.48. The summed E-state index contributed by atoms with van der Waals surface area (Å²) in [5.74, 6) is -0.689. The molecule has 1 N–H and O–H groups in total.